The zero-order valence-corrected chi connectivity index (χ0v) is 19.5. The molecule has 0 aliphatic heterocycles. The van der Waals surface area contributed by atoms with Gasteiger partial charge in [-0.3, -0.25) is 9.59 Å². The van der Waals surface area contributed by atoms with E-state index in [0.29, 0.717) is 10.3 Å². The molecule has 7 nitrogen and oxygen atoms in total. The summed E-state index contributed by atoms with van der Waals surface area (Å²) >= 11 is 2.73. The molecule has 30 heavy (non-hydrogen) atoms. The molecule has 2 N–H and O–H groups in total. The number of carbonyl (C=O) groups is 2. The second-order valence-corrected chi connectivity index (χ2v) is 10.1. The Kier molecular flexibility index (Phi) is 6.82. The standard InChI is InChI=1S/C21H27N5O2S2/c1-13(2)22-17(27)10-26-15-9-7-6-8-14(15)23-20(26)30-12-18(28)25-19-24-16(11-29-19)21(3,4)5/h6-9,11,13H,10,12H2,1-5H3,(H,22,27)(H,24,25,28). The quantitative estimate of drug-likeness (QED) is 0.536. The normalized spacial score (nSPS) is 11.8. The first-order valence-electron chi connectivity index (χ1n) is 9.77. The van der Waals surface area contributed by atoms with Crippen LogP contribution in [-0.2, 0) is 21.5 Å². The third-order valence-corrected chi connectivity index (χ3v) is 5.96. The van der Waals surface area contributed by atoms with Gasteiger partial charge in [-0.1, -0.05) is 44.7 Å². The van der Waals surface area contributed by atoms with Gasteiger partial charge in [-0.25, -0.2) is 9.97 Å². The van der Waals surface area contributed by atoms with Gasteiger partial charge in [0.05, 0.1) is 22.5 Å². The van der Waals surface area contributed by atoms with Gasteiger partial charge in [0, 0.05) is 16.8 Å². The van der Waals surface area contributed by atoms with Crippen LogP contribution in [0.5, 0.6) is 0 Å². The van der Waals surface area contributed by atoms with E-state index in [1.165, 1.54) is 23.1 Å². The molecule has 0 fully saturated rings. The first-order valence-corrected chi connectivity index (χ1v) is 11.6. The highest BCUT2D eigenvalue weighted by Gasteiger charge is 2.19. The third kappa shape index (κ3) is 5.60. The molecule has 2 aromatic heterocycles. The van der Waals surface area contributed by atoms with Crippen molar-refractivity contribution < 1.29 is 9.59 Å². The van der Waals surface area contributed by atoms with Gasteiger partial charge in [0.2, 0.25) is 11.8 Å². The summed E-state index contributed by atoms with van der Waals surface area (Å²) in [6.45, 7) is 10.3. The molecule has 0 radical (unpaired) electrons. The van der Waals surface area contributed by atoms with Gasteiger partial charge < -0.3 is 15.2 Å². The molecule has 160 valence electrons. The number of imidazole rings is 1. The van der Waals surface area contributed by atoms with Crippen LogP contribution in [0, 0.1) is 0 Å². The van der Waals surface area contributed by atoms with Crippen LogP contribution >= 0.6 is 23.1 Å². The average Bonchev–Trinajstić information content (AvgIpc) is 3.24. The number of aromatic nitrogens is 3. The summed E-state index contributed by atoms with van der Waals surface area (Å²) in [5, 5.41) is 8.96. The van der Waals surface area contributed by atoms with Crippen LogP contribution in [0.15, 0.2) is 34.8 Å². The molecule has 1 aromatic carbocycles. The molecule has 2 heterocycles. The smallest absolute Gasteiger partial charge is 0.240 e. The summed E-state index contributed by atoms with van der Waals surface area (Å²) < 4.78 is 1.85. The number of anilines is 1. The molecular formula is C21H27N5O2S2. The number of nitrogens with zero attached hydrogens (tertiary/aromatic N) is 3. The molecule has 3 rings (SSSR count). The van der Waals surface area contributed by atoms with Crippen molar-refractivity contribution in [2.75, 3.05) is 11.1 Å². The number of thiazole rings is 1. The lowest BCUT2D eigenvalue weighted by atomic mass is 9.93. The Hall–Kier alpha value is -2.39. The maximum Gasteiger partial charge on any atom is 0.240 e. The van der Waals surface area contributed by atoms with Crippen LogP contribution in [0.2, 0.25) is 0 Å². The van der Waals surface area contributed by atoms with E-state index in [4.69, 9.17) is 0 Å². The highest BCUT2D eigenvalue weighted by molar-refractivity contribution is 7.99. The number of rotatable bonds is 7. The van der Waals surface area contributed by atoms with Gasteiger partial charge in [0.1, 0.15) is 6.54 Å². The van der Waals surface area contributed by atoms with Crippen molar-refractivity contribution in [1.29, 1.82) is 0 Å². The first-order chi connectivity index (χ1) is 14.1. The predicted octanol–water partition coefficient (Wildman–Crippen LogP) is 4.05. The lowest BCUT2D eigenvalue weighted by Gasteiger charge is -2.14. The van der Waals surface area contributed by atoms with Gasteiger partial charge >= 0.3 is 0 Å². The van der Waals surface area contributed by atoms with Crippen LogP contribution < -0.4 is 10.6 Å². The Bertz CT molecular complexity index is 1050. The van der Waals surface area contributed by atoms with Crippen molar-refractivity contribution in [3.8, 4) is 0 Å². The Morgan fingerprint density at radius 2 is 1.90 bits per heavy atom. The molecule has 0 aliphatic carbocycles. The first kappa shape index (κ1) is 22.3. The second-order valence-electron chi connectivity index (χ2n) is 8.32. The van der Waals surface area contributed by atoms with Crippen LogP contribution in [0.3, 0.4) is 0 Å². The number of thioether (sulfide) groups is 1. The second kappa shape index (κ2) is 9.18. The van der Waals surface area contributed by atoms with Gasteiger partial charge in [0.15, 0.2) is 10.3 Å². The zero-order valence-electron chi connectivity index (χ0n) is 17.9. The van der Waals surface area contributed by atoms with Gasteiger partial charge in [0.25, 0.3) is 0 Å². The summed E-state index contributed by atoms with van der Waals surface area (Å²) in [7, 11) is 0. The predicted molar refractivity (Wildman–Crippen MR) is 123 cm³/mol. The minimum absolute atomic E-state index is 0.0599. The minimum Gasteiger partial charge on any atom is -0.352 e. The van der Waals surface area contributed by atoms with E-state index >= 15 is 0 Å². The van der Waals surface area contributed by atoms with E-state index in [9.17, 15) is 9.59 Å². The van der Waals surface area contributed by atoms with E-state index in [2.05, 4.69) is 41.4 Å². The molecule has 2 amide bonds. The van der Waals surface area contributed by atoms with Gasteiger partial charge in [-0.05, 0) is 26.0 Å². The van der Waals surface area contributed by atoms with Crippen LogP contribution in [0.25, 0.3) is 11.0 Å². The number of carbonyl (C=O) groups excluding carboxylic acids is 2. The topological polar surface area (TPSA) is 88.9 Å². The number of hydrogen-bond donors (Lipinski definition) is 2. The van der Waals surface area contributed by atoms with E-state index in [1.807, 2.05) is 48.1 Å². The van der Waals surface area contributed by atoms with Crippen molar-refractivity contribution in [3.05, 3.63) is 35.3 Å². The molecule has 0 atom stereocenters. The van der Waals surface area contributed by atoms with E-state index in [0.717, 1.165) is 16.7 Å². The summed E-state index contributed by atoms with van der Waals surface area (Å²) in [6.07, 6.45) is 0. The summed E-state index contributed by atoms with van der Waals surface area (Å²) in [4.78, 5) is 33.9. The lowest BCUT2D eigenvalue weighted by molar-refractivity contribution is -0.122. The Labute approximate surface area is 184 Å². The third-order valence-electron chi connectivity index (χ3n) is 4.22. The highest BCUT2D eigenvalue weighted by atomic mass is 32.2. The summed E-state index contributed by atoms with van der Waals surface area (Å²) in [5.74, 6) is -0.0588. The summed E-state index contributed by atoms with van der Waals surface area (Å²) in [6, 6.07) is 7.71. The van der Waals surface area contributed by atoms with Gasteiger partial charge in [-0.2, -0.15) is 0 Å². The molecule has 0 saturated carbocycles. The fraction of sp³-hybridized carbons (Fsp3) is 0.429. The number of hydrogen-bond acceptors (Lipinski definition) is 6. The highest BCUT2D eigenvalue weighted by Crippen LogP contribution is 2.27. The van der Waals surface area contributed by atoms with Crippen LogP contribution in [0.4, 0.5) is 5.13 Å². The van der Waals surface area contributed by atoms with E-state index < -0.39 is 0 Å². The number of fused-ring (bicyclic) bond motifs is 1. The average molecular weight is 446 g/mol. The molecule has 9 heteroatoms. The molecule has 0 bridgehead atoms. The zero-order chi connectivity index (χ0) is 21.9. The lowest BCUT2D eigenvalue weighted by Crippen LogP contribution is -2.33. The number of amides is 2. The molecule has 0 saturated heterocycles. The molecule has 0 aliphatic rings. The monoisotopic (exact) mass is 445 g/mol. The molecular weight excluding hydrogens is 418 g/mol. The van der Waals surface area contributed by atoms with Crippen LogP contribution in [0.1, 0.15) is 40.3 Å². The fourth-order valence-electron chi connectivity index (χ4n) is 2.79. The Balaban J connectivity index is 1.70. The minimum atomic E-state index is -0.153. The molecule has 0 unspecified atom stereocenters. The number of nitrogens with one attached hydrogen (secondary N) is 2. The van der Waals surface area contributed by atoms with Gasteiger partial charge in [-0.15, -0.1) is 11.3 Å². The van der Waals surface area contributed by atoms with Crippen molar-refractivity contribution in [2.24, 2.45) is 0 Å². The van der Waals surface area contributed by atoms with Crippen molar-refractivity contribution in [1.82, 2.24) is 19.9 Å². The fourth-order valence-corrected chi connectivity index (χ4v) is 4.56. The SMILES string of the molecule is CC(C)NC(=O)Cn1c(SCC(=O)Nc2nc(C(C)(C)C)cs2)nc2ccccc21. The number of para-hydroxylation sites is 2. The maximum atomic E-state index is 12.5. The van der Waals surface area contributed by atoms with Crippen molar-refractivity contribution in [2.45, 2.75) is 57.8 Å². The van der Waals surface area contributed by atoms with E-state index in [1.54, 1.807) is 0 Å². The largest absolute Gasteiger partial charge is 0.352 e. The van der Waals surface area contributed by atoms with Crippen molar-refractivity contribution >= 4 is 51.1 Å². The maximum absolute atomic E-state index is 12.5. The Morgan fingerprint density at radius 1 is 1.17 bits per heavy atom. The van der Waals surface area contributed by atoms with Crippen molar-refractivity contribution in [3.63, 3.8) is 0 Å². The molecule has 0 spiro atoms. The Morgan fingerprint density at radius 3 is 2.57 bits per heavy atom. The summed E-state index contributed by atoms with van der Waals surface area (Å²) in [5.41, 5.74) is 2.56. The number of benzene rings is 1. The van der Waals surface area contributed by atoms with E-state index in [-0.39, 0.29) is 35.6 Å². The van der Waals surface area contributed by atoms with Crippen LogP contribution in [-0.4, -0.2) is 38.1 Å². The molecule has 3 aromatic rings.